The summed E-state index contributed by atoms with van der Waals surface area (Å²) < 4.78 is 15.9. The van der Waals surface area contributed by atoms with Gasteiger partial charge in [-0.2, -0.15) is 5.10 Å². The third kappa shape index (κ3) is 4.72. The molecule has 0 unspecified atom stereocenters. The van der Waals surface area contributed by atoms with Gasteiger partial charge in [0.2, 0.25) is 5.76 Å². The summed E-state index contributed by atoms with van der Waals surface area (Å²) in [5.74, 6) is -0.650. The number of furan rings is 1. The molecule has 4 rings (SSSR count). The monoisotopic (exact) mass is 480 g/mol. The fourth-order valence-corrected chi connectivity index (χ4v) is 3.95. The lowest BCUT2D eigenvalue weighted by Gasteiger charge is -2.13. The largest absolute Gasteiger partial charge is 0.465 e. The molecular formula is C25H21ClN2O6. The second kappa shape index (κ2) is 9.93. The smallest absolute Gasteiger partial charge is 0.379 e. The minimum absolute atomic E-state index is 0.0640. The van der Waals surface area contributed by atoms with Crippen molar-refractivity contribution in [2.75, 3.05) is 7.11 Å². The number of esters is 2. The molecule has 0 atom stereocenters. The summed E-state index contributed by atoms with van der Waals surface area (Å²) in [4.78, 5) is 36.8. The van der Waals surface area contributed by atoms with Crippen LogP contribution in [0.25, 0.3) is 0 Å². The van der Waals surface area contributed by atoms with Gasteiger partial charge < -0.3 is 13.9 Å². The quantitative estimate of drug-likeness (QED) is 0.322. The van der Waals surface area contributed by atoms with Crippen molar-refractivity contribution in [1.82, 2.24) is 5.43 Å². The number of aryl methyl sites for hydroxylation is 1. The predicted molar refractivity (Wildman–Crippen MR) is 125 cm³/mol. The third-order valence-electron chi connectivity index (χ3n) is 5.41. The highest BCUT2D eigenvalue weighted by atomic mass is 35.5. The van der Waals surface area contributed by atoms with Gasteiger partial charge >= 0.3 is 11.9 Å². The number of benzene rings is 2. The van der Waals surface area contributed by atoms with Crippen molar-refractivity contribution < 1.29 is 28.3 Å². The van der Waals surface area contributed by atoms with Gasteiger partial charge in [0.25, 0.3) is 5.91 Å². The maximum absolute atomic E-state index is 12.8. The Balaban J connectivity index is 1.53. The summed E-state index contributed by atoms with van der Waals surface area (Å²) in [6.07, 6.45) is 2.00. The van der Waals surface area contributed by atoms with E-state index in [4.69, 9.17) is 20.8 Å². The van der Waals surface area contributed by atoms with Gasteiger partial charge in [0.05, 0.1) is 29.0 Å². The molecule has 0 fully saturated rings. The number of fused-ring (bicyclic) bond motifs is 1. The maximum atomic E-state index is 12.8. The van der Waals surface area contributed by atoms with Crippen LogP contribution >= 0.6 is 11.6 Å². The molecular weight excluding hydrogens is 460 g/mol. The van der Waals surface area contributed by atoms with Crippen molar-refractivity contribution in [2.45, 2.75) is 26.2 Å². The maximum Gasteiger partial charge on any atom is 0.379 e. The first-order valence-corrected chi connectivity index (χ1v) is 10.9. The summed E-state index contributed by atoms with van der Waals surface area (Å²) in [6, 6.07) is 12.7. The number of amides is 1. The average molecular weight is 481 g/mol. The molecule has 34 heavy (non-hydrogen) atoms. The van der Waals surface area contributed by atoms with Crippen LogP contribution < -0.4 is 10.2 Å². The minimum atomic E-state index is -0.669. The van der Waals surface area contributed by atoms with Crippen LogP contribution in [0, 0.1) is 6.92 Å². The van der Waals surface area contributed by atoms with Gasteiger partial charge in [-0.15, -0.1) is 0 Å². The number of hydrogen-bond donors (Lipinski definition) is 1. The number of halogens is 1. The number of nitrogens with one attached hydrogen (secondary N) is 1. The molecule has 1 N–H and O–H groups in total. The molecule has 0 aliphatic heterocycles. The van der Waals surface area contributed by atoms with E-state index in [0.717, 1.165) is 6.42 Å². The molecule has 8 nitrogen and oxygen atoms in total. The number of carbonyl (C=O) groups is 3. The number of hydrogen-bond acceptors (Lipinski definition) is 7. The first kappa shape index (κ1) is 23.3. The Morgan fingerprint density at radius 1 is 1.03 bits per heavy atom. The van der Waals surface area contributed by atoms with Crippen LogP contribution in [0.2, 0.25) is 5.02 Å². The lowest BCUT2D eigenvalue weighted by molar-refractivity contribution is 0.0600. The van der Waals surface area contributed by atoms with Gasteiger partial charge in [-0.1, -0.05) is 23.7 Å². The molecule has 1 aliphatic rings. The Kier molecular flexibility index (Phi) is 6.79. The molecule has 0 spiro atoms. The van der Waals surface area contributed by atoms with Crippen molar-refractivity contribution in [3.8, 4) is 5.75 Å². The van der Waals surface area contributed by atoms with Crippen LogP contribution in [0.5, 0.6) is 5.75 Å². The van der Waals surface area contributed by atoms with Crippen molar-refractivity contribution in [3.63, 3.8) is 0 Å². The molecule has 1 aromatic heterocycles. The van der Waals surface area contributed by atoms with Crippen molar-refractivity contribution in [2.24, 2.45) is 5.10 Å². The van der Waals surface area contributed by atoms with Crippen molar-refractivity contribution in [1.29, 1.82) is 0 Å². The van der Waals surface area contributed by atoms with Gasteiger partial charge in [-0.3, -0.25) is 4.79 Å². The van der Waals surface area contributed by atoms with E-state index in [1.807, 2.05) is 0 Å². The zero-order chi connectivity index (χ0) is 24.2. The Morgan fingerprint density at radius 2 is 1.76 bits per heavy atom. The van der Waals surface area contributed by atoms with E-state index in [-0.39, 0.29) is 11.5 Å². The topological polar surface area (TPSA) is 107 Å². The van der Waals surface area contributed by atoms with E-state index in [1.54, 1.807) is 31.2 Å². The summed E-state index contributed by atoms with van der Waals surface area (Å²) in [6.45, 7) is 1.75. The first-order chi connectivity index (χ1) is 16.4. The summed E-state index contributed by atoms with van der Waals surface area (Å²) in [7, 11) is 1.29. The summed E-state index contributed by atoms with van der Waals surface area (Å²) in [5, 5.41) is 4.62. The van der Waals surface area contributed by atoms with Gasteiger partial charge in [-0.25, -0.2) is 15.0 Å². The van der Waals surface area contributed by atoms with Crippen molar-refractivity contribution >= 4 is 35.2 Å². The van der Waals surface area contributed by atoms with Gasteiger partial charge in [0.15, 0.2) is 0 Å². The van der Waals surface area contributed by atoms with Gasteiger partial charge in [0.1, 0.15) is 11.5 Å². The Morgan fingerprint density at radius 3 is 2.47 bits per heavy atom. The standard InChI is InChI=1S/C25H21ClN2O6/c1-14-21-19(27-28-23(29)17-6-3-4-7-18(17)26)8-5-9-20(21)34-22(14)25(31)33-16-12-10-15(11-13-16)24(30)32-2/h3-4,6-7,10-13H,5,8-9H2,1-2H3,(H,28,29)/b27-19+. The molecule has 0 bridgehead atoms. The fourth-order valence-electron chi connectivity index (χ4n) is 3.73. The molecule has 174 valence electrons. The van der Waals surface area contributed by atoms with Crippen LogP contribution in [0.3, 0.4) is 0 Å². The normalized spacial score (nSPS) is 13.8. The number of carbonyl (C=O) groups excluding carboxylic acids is 3. The molecule has 1 heterocycles. The zero-order valence-corrected chi connectivity index (χ0v) is 19.3. The third-order valence-corrected chi connectivity index (χ3v) is 5.74. The number of rotatable bonds is 5. The SMILES string of the molecule is COC(=O)c1ccc(OC(=O)c2oc3c(c2C)/C(=N/NC(=O)c2ccccc2Cl)CCC3)cc1. The fraction of sp³-hybridized carbons (Fsp3) is 0.200. The van der Waals surface area contributed by atoms with E-state index in [0.29, 0.717) is 51.6 Å². The van der Waals surface area contributed by atoms with Crippen LogP contribution in [-0.4, -0.2) is 30.7 Å². The Labute approximate surface area is 200 Å². The molecule has 1 aliphatic carbocycles. The molecule has 1 amide bonds. The van der Waals surface area contributed by atoms with Gasteiger partial charge in [0, 0.05) is 17.5 Å². The molecule has 2 aromatic carbocycles. The molecule has 9 heteroatoms. The molecule has 3 aromatic rings. The van der Waals surface area contributed by atoms with Crippen LogP contribution in [0.15, 0.2) is 58.0 Å². The molecule has 0 saturated carbocycles. The molecule has 0 radical (unpaired) electrons. The number of nitrogens with zero attached hydrogens (tertiary/aromatic N) is 1. The lowest BCUT2D eigenvalue weighted by atomic mass is 9.93. The minimum Gasteiger partial charge on any atom is -0.465 e. The van der Waals surface area contributed by atoms with Crippen molar-refractivity contribution in [3.05, 3.63) is 87.3 Å². The summed E-state index contributed by atoms with van der Waals surface area (Å²) in [5.41, 5.74) is 5.09. The number of ether oxygens (including phenoxy) is 2. The number of hydrazone groups is 1. The highest BCUT2D eigenvalue weighted by molar-refractivity contribution is 6.33. The van der Waals surface area contributed by atoms with Crippen LogP contribution in [0.4, 0.5) is 0 Å². The lowest BCUT2D eigenvalue weighted by Crippen LogP contribution is -2.22. The molecule has 0 saturated heterocycles. The average Bonchev–Trinajstić information content (AvgIpc) is 3.20. The van der Waals surface area contributed by atoms with E-state index >= 15 is 0 Å². The first-order valence-electron chi connectivity index (χ1n) is 10.5. The van der Waals surface area contributed by atoms with E-state index < -0.39 is 17.8 Å². The van der Waals surface area contributed by atoms with E-state index in [2.05, 4.69) is 15.3 Å². The highest BCUT2D eigenvalue weighted by Gasteiger charge is 2.29. The van der Waals surface area contributed by atoms with E-state index in [1.165, 1.54) is 31.4 Å². The zero-order valence-electron chi connectivity index (χ0n) is 18.5. The van der Waals surface area contributed by atoms with Crippen LogP contribution in [0.1, 0.15) is 61.0 Å². The Hall–Kier alpha value is -3.91. The second-order valence-corrected chi connectivity index (χ2v) is 8.00. The number of methoxy groups -OCH3 is 1. The predicted octanol–water partition coefficient (Wildman–Crippen LogP) is 4.72. The van der Waals surface area contributed by atoms with Crippen LogP contribution in [-0.2, 0) is 11.2 Å². The Bertz CT molecular complexity index is 1290. The summed E-state index contributed by atoms with van der Waals surface area (Å²) >= 11 is 6.08. The van der Waals surface area contributed by atoms with Gasteiger partial charge in [-0.05, 0) is 56.2 Å². The second-order valence-electron chi connectivity index (χ2n) is 7.59. The highest BCUT2D eigenvalue weighted by Crippen LogP contribution is 2.30. The van der Waals surface area contributed by atoms with E-state index in [9.17, 15) is 14.4 Å².